The van der Waals surface area contributed by atoms with Crippen LogP contribution in [0, 0.1) is 0 Å². The molecule has 4 aromatic rings. The van der Waals surface area contributed by atoms with Crippen LogP contribution in [0.2, 0.25) is 6.82 Å². The lowest BCUT2D eigenvalue weighted by Gasteiger charge is -2.31. The molecular formula is C30H33BN2O3. The summed E-state index contributed by atoms with van der Waals surface area (Å²) in [6.07, 6.45) is 2.01. The molecule has 6 heteroatoms. The largest absolute Gasteiger partial charge is 0.461 e. The Hall–Kier alpha value is -3.35. The first-order chi connectivity index (χ1) is 17.5. The highest BCUT2D eigenvalue weighted by Gasteiger charge is 2.40. The molecule has 36 heavy (non-hydrogen) atoms. The van der Waals surface area contributed by atoms with E-state index in [0.717, 1.165) is 43.4 Å². The maximum Gasteiger partial charge on any atom is 0.414 e. The van der Waals surface area contributed by atoms with E-state index in [4.69, 9.17) is 4.74 Å². The van der Waals surface area contributed by atoms with Gasteiger partial charge in [0.25, 0.3) is 0 Å². The second kappa shape index (κ2) is 10.3. The molecule has 0 radical (unpaired) electrons. The van der Waals surface area contributed by atoms with Crippen LogP contribution in [0.25, 0.3) is 10.9 Å². The fourth-order valence-electron chi connectivity index (χ4n) is 5.73. The van der Waals surface area contributed by atoms with Crippen LogP contribution in [0.3, 0.4) is 0 Å². The summed E-state index contributed by atoms with van der Waals surface area (Å²) in [7, 11) is -0.834. The van der Waals surface area contributed by atoms with Crippen LogP contribution in [0.4, 0.5) is 0 Å². The van der Waals surface area contributed by atoms with E-state index in [1.807, 2.05) is 12.1 Å². The predicted octanol–water partition coefficient (Wildman–Crippen LogP) is 5.16. The van der Waals surface area contributed by atoms with Gasteiger partial charge in [-0.2, -0.15) is 0 Å². The van der Waals surface area contributed by atoms with Gasteiger partial charge in [-0.05, 0) is 73.4 Å². The van der Waals surface area contributed by atoms with Crippen molar-refractivity contribution in [3.63, 3.8) is 0 Å². The second-order valence-electron chi connectivity index (χ2n) is 9.91. The molecule has 0 saturated carbocycles. The molecule has 0 amide bonds. The topological polar surface area (TPSA) is 54.7 Å². The van der Waals surface area contributed by atoms with Crippen molar-refractivity contribution < 1.29 is 14.6 Å². The van der Waals surface area contributed by atoms with Gasteiger partial charge in [0.1, 0.15) is 5.69 Å². The lowest BCUT2D eigenvalue weighted by molar-refractivity contribution is 0.0518. The van der Waals surface area contributed by atoms with Gasteiger partial charge in [0.2, 0.25) is 0 Å². The molecule has 1 fully saturated rings. The minimum Gasteiger partial charge on any atom is -0.461 e. The van der Waals surface area contributed by atoms with Crippen LogP contribution in [0.5, 0.6) is 0 Å². The van der Waals surface area contributed by atoms with Crippen molar-refractivity contribution in [1.82, 2.24) is 9.38 Å². The van der Waals surface area contributed by atoms with Gasteiger partial charge in [0.05, 0.1) is 6.61 Å². The molecule has 0 spiro atoms. The second-order valence-corrected chi connectivity index (χ2v) is 9.91. The van der Waals surface area contributed by atoms with Crippen LogP contribution >= 0.6 is 0 Å². The van der Waals surface area contributed by atoms with Gasteiger partial charge in [0.15, 0.2) is 0 Å². The number of likely N-dealkylation sites (tertiary alicyclic amines) is 1. The van der Waals surface area contributed by atoms with Gasteiger partial charge in [-0.25, -0.2) is 4.79 Å². The minimum atomic E-state index is -0.834. The Morgan fingerprint density at radius 2 is 1.69 bits per heavy atom. The lowest BCUT2D eigenvalue weighted by Crippen LogP contribution is -2.33. The van der Waals surface area contributed by atoms with E-state index in [1.54, 1.807) is 18.2 Å². The molecule has 1 aliphatic heterocycles. The Morgan fingerprint density at radius 3 is 2.36 bits per heavy atom. The van der Waals surface area contributed by atoms with E-state index >= 15 is 0 Å². The molecule has 0 bridgehead atoms. The lowest BCUT2D eigenvalue weighted by atomic mass is 9.74. The highest BCUT2D eigenvalue weighted by Crippen LogP contribution is 2.40. The number of hydrogen-bond donors (Lipinski definition) is 1. The van der Waals surface area contributed by atoms with E-state index < -0.39 is 13.0 Å². The first kappa shape index (κ1) is 24.4. The molecule has 184 valence electrons. The third kappa shape index (κ3) is 4.84. The maximum atomic E-state index is 12.6. The Balaban J connectivity index is 1.54. The normalized spacial score (nSPS) is 18.0. The standard InChI is InChI=1S/C30H33BN2O3/c1-3-36-29(34)28-19-25-18-26(14-15-27(25)33(28)31(2)35)30(20-23-10-6-4-7-11-23)16-17-32(22-30)21-24-12-8-5-9-13-24/h4-15,18-19,35H,3,16-17,20-22H2,1-2H3. The molecule has 2 heterocycles. The summed E-state index contributed by atoms with van der Waals surface area (Å²) < 4.78 is 6.93. The molecule has 5 rings (SSSR count). The van der Waals surface area contributed by atoms with Crippen molar-refractivity contribution in [2.24, 2.45) is 0 Å². The van der Waals surface area contributed by atoms with E-state index in [9.17, 15) is 9.82 Å². The van der Waals surface area contributed by atoms with Gasteiger partial charge < -0.3 is 14.2 Å². The Bertz CT molecular complexity index is 1340. The van der Waals surface area contributed by atoms with E-state index in [2.05, 4.69) is 77.7 Å². The maximum absolute atomic E-state index is 12.6. The average Bonchev–Trinajstić information content (AvgIpc) is 3.47. The fourth-order valence-corrected chi connectivity index (χ4v) is 5.73. The van der Waals surface area contributed by atoms with Crippen molar-refractivity contribution in [3.05, 3.63) is 107 Å². The first-order valence-corrected chi connectivity index (χ1v) is 12.8. The molecular weight excluding hydrogens is 447 g/mol. The summed E-state index contributed by atoms with van der Waals surface area (Å²) in [5, 5.41) is 11.4. The zero-order valence-corrected chi connectivity index (χ0v) is 21.1. The number of ether oxygens (including phenoxy) is 1. The molecule has 1 atom stereocenters. The van der Waals surface area contributed by atoms with Crippen molar-refractivity contribution in [2.45, 2.75) is 38.5 Å². The third-order valence-electron chi connectivity index (χ3n) is 7.38. The highest BCUT2D eigenvalue weighted by molar-refractivity contribution is 6.49. The van der Waals surface area contributed by atoms with Crippen molar-refractivity contribution >= 4 is 23.9 Å². The van der Waals surface area contributed by atoms with Gasteiger partial charge in [-0.3, -0.25) is 4.90 Å². The zero-order valence-electron chi connectivity index (χ0n) is 21.1. The summed E-state index contributed by atoms with van der Waals surface area (Å²) >= 11 is 0. The summed E-state index contributed by atoms with van der Waals surface area (Å²) in [5.74, 6) is -0.412. The van der Waals surface area contributed by atoms with Gasteiger partial charge in [-0.1, -0.05) is 66.7 Å². The number of hydrogen-bond acceptors (Lipinski definition) is 4. The zero-order chi connectivity index (χ0) is 25.1. The Labute approximate surface area is 213 Å². The number of carbonyl (C=O) groups excluding carboxylic acids is 1. The third-order valence-corrected chi connectivity index (χ3v) is 7.38. The SMILES string of the molecule is CCOC(=O)c1cc2cc(C3(Cc4ccccc4)CCN(Cc4ccccc4)C3)ccc2n1B(C)O. The van der Waals surface area contributed by atoms with E-state index in [1.165, 1.54) is 16.7 Å². The van der Waals surface area contributed by atoms with Crippen molar-refractivity contribution in [2.75, 3.05) is 19.7 Å². The van der Waals surface area contributed by atoms with E-state index in [0.29, 0.717) is 12.3 Å². The van der Waals surface area contributed by atoms with Gasteiger partial charge in [-0.15, -0.1) is 0 Å². The summed E-state index contributed by atoms with van der Waals surface area (Å²) in [5.41, 5.74) is 5.11. The van der Waals surface area contributed by atoms with Crippen molar-refractivity contribution in [1.29, 1.82) is 0 Å². The Morgan fingerprint density at radius 1 is 1.00 bits per heavy atom. The molecule has 1 unspecified atom stereocenters. The molecule has 3 aromatic carbocycles. The number of benzene rings is 3. The first-order valence-electron chi connectivity index (χ1n) is 12.8. The summed E-state index contributed by atoms with van der Waals surface area (Å²) in [6.45, 7) is 6.69. The summed E-state index contributed by atoms with van der Waals surface area (Å²) in [6, 6.07) is 29.7. The van der Waals surface area contributed by atoms with Crippen molar-refractivity contribution in [3.8, 4) is 0 Å². The van der Waals surface area contributed by atoms with Crippen LogP contribution < -0.4 is 0 Å². The number of rotatable bonds is 8. The van der Waals surface area contributed by atoms with Crippen LogP contribution in [-0.4, -0.2) is 47.1 Å². The Kier molecular flexibility index (Phi) is 6.99. The molecule has 1 N–H and O–H groups in total. The molecule has 1 aromatic heterocycles. The number of esters is 1. The summed E-state index contributed by atoms with van der Waals surface area (Å²) in [4.78, 5) is 15.2. The quantitative estimate of drug-likeness (QED) is 0.280. The van der Waals surface area contributed by atoms with Gasteiger partial charge >= 0.3 is 13.0 Å². The highest BCUT2D eigenvalue weighted by atomic mass is 16.5. The molecule has 1 saturated heterocycles. The number of nitrogens with zero attached hydrogens (tertiary/aromatic N) is 2. The predicted molar refractivity (Wildman–Crippen MR) is 145 cm³/mol. The minimum absolute atomic E-state index is 0.0403. The van der Waals surface area contributed by atoms with Crippen LogP contribution in [0.1, 0.15) is 40.5 Å². The van der Waals surface area contributed by atoms with Gasteiger partial charge in [0, 0.05) is 24.0 Å². The smallest absolute Gasteiger partial charge is 0.414 e. The van der Waals surface area contributed by atoms with E-state index in [-0.39, 0.29) is 5.41 Å². The monoisotopic (exact) mass is 480 g/mol. The van der Waals surface area contributed by atoms with Crippen LogP contribution in [-0.2, 0) is 23.1 Å². The molecule has 0 aliphatic carbocycles. The molecule has 5 nitrogen and oxygen atoms in total. The number of carbonyl (C=O) groups is 1. The average molecular weight is 480 g/mol. The molecule has 1 aliphatic rings. The fraction of sp³-hybridized carbons (Fsp3) is 0.300. The number of aromatic nitrogens is 1. The van der Waals surface area contributed by atoms with Crippen LogP contribution in [0.15, 0.2) is 84.9 Å². The number of fused-ring (bicyclic) bond motifs is 1.